The van der Waals surface area contributed by atoms with Crippen LogP contribution in [0.4, 0.5) is 34.1 Å². The summed E-state index contributed by atoms with van der Waals surface area (Å²) in [5.74, 6) is 0.689. The van der Waals surface area contributed by atoms with E-state index in [2.05, 4.69) is 200 Å². The minimum absolute atomic E-state index is 0.0585. The van der Waals surface area contributed by atoms with Gasteiger partial charge in [-0.2, -0.15) is 0 Å². The van der Waals surface area contributed by atoms with Crippen LogP contribution in [0.25, 0.3) is 11.1 Å². The second kappa shape index (κ2) is 14.5. The highest BCUT2D eigenvalue weighted by Crippen LogP contribution is 2.50. The number of para-hydroxylation sites is 2. The van der Waals surface area contributed by atoms with Crippen molar-refractivity contribution in [1.29, 1.82) is 0 Å². The molecule has 1 fully saturated rings. The van der Waals surface area contributed by atoms with E-state index < -0.39 is 0 Å². The minimum Gasteiger partial charge on any atom is -0.311 e. The first kappa shape index (κ1) is 33.9. The van der Waals surface area contributed by atoms with E-state index in [0.29, 0.717) is 5.92 Å². The average molecular weight is 701 g/mol. The molecule has 0 radical (unpaired) electrons. The highest BCUT2D eigenvalue weighted by Gasteiger charge is 2.35. The molecule has 2 aliphatic rings. The first-order valence-electron chi connectivity index (χ1n) is 19.8. The van der Waals surface area contributed by atoms with Crippen LogP contribution in [0, 0.1) is 0 Å². The van der Waals surface area contributed by atoms with Crippen LogP contribution in [0.5, 0.6) is 0 Å². The van der Waals surface area contributed by atoms with Crippen molar-refractivity contribution in [3.8, 4) is 11.1 Å². The van der Waals surface area contributed by atoms with Crippen LogP contribution in [0.15, 0.2) is 176 Å². The number of hydrogen-bond donors (Lipinski definition) is 0. The number of anilines is 6. The Hall–Kier alpha value is -5.86. The van der Waals surface area contributed by atoms with Crippen molar-refractivity contribution in [2.75, 3.05) is 9.80 Å². The van der Waals surface area contributed by atoms with E-state index in [9.17, 15) is 0 Å². The average Bonchev–Trinajstić information content (AvgIpc) is 3.46. The van der Waals surface area contributed by atoms with Crippen molar-refractivity contribution in [3.05, 3.63) is 204 Å². The number of rotatable bonds is 9. The van der Waals surface area contributed by atoms with Gasteiger partial charge in [-0.3, -0.25) is 0 Å². The lowest BCUT2D eigenvalue weighted by molar-refractivity contribution is 0.443. The summed E-state index contributed by atoms with van der Waals surface area (Å²) in [6, 6.07) is 64.9. The zero-order valence-corrected chi connectivity index (χ0v) is 31.5. The van der Waals surface area contributed by atoms with Gasteiger partial charge in [-0.1, -0.05) is 136 Å². The quantitative estimate of drug-likeness (QED) is 0.148. The van der Waals surface area contributed by atoms with Crippen molar-refractivity contribution < 1.29 is 0 Å². The van der Waals surface area contributed by atoms with Crippen LogP contribution in [0.1, 0.15) is 79.7 Å². The van der Waals surface area contributed by atoms with E-state index in [1.807, 2.05) is 0 Å². The molecule has 0 heterocycles. The molecule has 0 atom stereocenters. The summed E-state index contributed by atoms with van der Waals surface area (Å²) < 4.78 is 0. The molecule has 2 heteroatoms. The molecule has 2 nitrogen and oxygen atoms in total. The molecule has 0 N–H and O–H groups in total. The monoisotopic (exact) mass is 700 g/mol. The molecule has 0 bridgehead atoms. The van der Waals surface area contributed by atoms with Gasteiger partial charge in [0.15, 0.2) is 0 Å². The van der Waals surface area contributed by atoms with E-state index in [1.165, 1.54) is 88.1 Å². The fourth-order valence-corrected chi connectivity index (χ4v) is 8.97. The van der Waals surface area contributed by atoms with Crippen molar-refractivity contribution in [3.63, 3.8) is 0 Å². The molecular formula is C52H48N2. The number of hydrogen-bond acceptors (Lipinski definition) is 2. The summed E-state index contributed by atoms with van der Waals surface area (Å²) in [7, 11) is 0. The van der Waals surface area contributed by atoms with Gasteiger partial charge in [-0.15, -0.1) is 0 Å². The zero-order valence-electron chi connectivity index (χ0n) is 31.5. The summed E-state index contributed by atoms with van der Waals surface area (Å²) in [6.45, 7) is 4.74. The molecule has 1 saturated carbocycles. The molecule has 0 amide bonds. The van der Waals surface area contributed by atoms with Gasteiger partial charge >= 0.3 is 0 Å². The van der Waals surface area contributed by atoms with Crippen molar-refractivity contribution in [2.45, 2.75) is 63.7 Å². The van der Waals surface area contributed by atoms with Crippen LogP contribution < -0.4 is 9.80 Å². The Kier molecular flexibility index (Phi) is 9.13. The third kappa shape index (κ3) is 6.51. The summed E-state index contributed by atoms with van der Waals surface area (Å²) in [5, 5.41) is 0. The van der Waals surface area contributed by atoms with Crippen molar-refractivity contribution in [1.82, 2.24) is 0 Å². The minimum atomic E-state index is -0.0585. The topological polar surface area (TPSA) is 6.48 Å². The highest BCUT2D eigenvalue weighted by molar-refractivity contribution is 5.85. The molecule has 54 heavy (non-hydrogen) atoms. The first-order valence-corrected chi connectivity index (χ1v) is 19.8. The number of benzene rings is 7. The normalized spacial score (nSPS) is 14.6. The first-order chi connectivity index (χ1) is 26.5. The Morgan fingerprint density at radius 2 is 0.870 bits per heavy atom. The standard InChI is InChI=1S/C52H48N2/c1-52(2)50-21-13-12-20-48(50)49-35-34-47(37-51(49)52)54(46-32-26-41(27-33-46)40-14-6-3-7-15-40)45-30-24-39(25-31-45)36-38-22-28-44(29-23-38)53(42-16-8-4-9-17-42)43-18-10-5-11-19-43/h4-5,8-13,16-35,37,40H,3,6-7,14-15,36H2,1-2H3. The number of fused-ring (bicyclic) bond motifs is 3. The van der Waals surface area contributed by atoms with Gasteiger partial charge < -0.3 is 9.80 Å². The molecule has 0 spiro atoms. The molecular weight excluding hydrogens is 653 g/mol. The predicted octanol–water partition coefficient (Wildman–Crippen LogP) is 14.6. The van der Waals surface area contributed by atoms with Crippen molar-refractivity contribution >= 4 is 34.1 Å². The summed E-state index contributed by atoms with van der Waals surface area (Å²) in [6.07, 6.45) is 7.57. The summed E-state index contributed by atoms with van der Waals surface area (Å²) >= 11 is 0. The largest absolute Gasteiger partial charge is 0.311 e. The van der Waals surface area contributed by atoms with E-state index in [-0.39, 0.29) is 5.41 Å². The van der Waals surface area contributed by atoms with Gasteiger partial charge in [0.05, 0.1) is 0 Å². The molecule has 0 aromatic heterocycles. The van der Waals surface area contributed by atoms with E-state index in [4.69, 9.17) is 0 Å². The SMILES string of the molecule is CC1(C)c2ccccc2-c2ccc(N(c3ccc(Cc4ccc(N(c5ccccc5)c5ccccc5)cc4)cc3)c3ccc(C4CCCCC4)cc3)cc21. The smallest absolute Gasteiger partial charge is 0.0465 e. The van der Waals surface area contributed by atoms with E-state index in [0.717, 1.165) is 23.5 Å². The molecule has 7 aromatic rings. The van der Waals surface area contributed by atoms with Gasteiger partial charge in [0, 0.05) is 39.5 Å². The van der Waals surface area contributed by atoms with Crippen molar-refractivity contribution in [2.24, 2.45) is 0 Å². The van der Waals surface area contributed by atoms with E-state index in [1.54, 1.807) is 0 Å². The molecule has 0 aliphatic heterocycles. The maximum absolute atomic E-state index is 2.45. The molecule has 0 unspecified atom stereocenters. The molecule has 7 aromatic carbocycles. The van der Waals surface area contributed by atoms with Gasteiger partial charge in [0.2, 0.25) is 0 Å². The highest BCUT2D eigenvalue weighted by atomic mass is 15.1. The molecule has 9 rings (SSSR count). The van der Waals surface area contributed by atoms with Crippen LogP contribution in [-0.2, 0) is 11.8 Å². The molecule has 0 saturated heterocycles. The molecule has 2 aliphatic carbocycles. The van der Waals surface area contributed by atoms with Gasteiger partial charge in [-0.25, -0.2) is 0 Å². The lowest BCUT2D eigenvalue weighted by Crippen LogP contribution is -2.16. The maximum atomic E-state index is 2.45. The zero-order chi connectivity index (χ0) is 36.5. The van der Waals surface area contributed by atoms with Gasteiger partial charge in [-0.05, 0) is 137 Å². The fraction of sp³-hybridized carbons (Fsp3) is 0.192. The van der Waals surface area contributed by atoms with E-state index >= 15 is 0 Å². The lowest BCUT2D eigenvalue weighted by atomic mass is 9.82. The predicted molar refractivity (Wildman–Crippen MR) is 228 cm³/mol. The van der Waals surface area contributed by atoms with Crippen LogP contribution in [-0.4, -0.2) is 0 Å². The van der Waals surface area contributed by atoms with Gasteiger partial charge in [0.1, 0.15) is 0 Å². The number of nitrogens with zero attached hydrogens (tertiary/aromatic N) is 2. The molecule has 266 valence electrons. The fourth-order valence-electron chi connectivity index (χ4n) is 8.97. The van der Waals surface area contributed by atoms with Crippen LogP contribution >= 0.6 is 0 Å². The Balaban J connectivity index is 1.01. The third-order valence-corrected chi connectivity index (χ3v) is 11.9. The third-order valence-electron chi connectivity index (χ3n) is 11.9. The maximum Gasteiger partial charge on any atom is 0.0465 e. The summed E-state index contributed by atoms with van der Waals surface area (Å²) in [4.78, 5) is 4.76. The lowest BCUT2D eigenvalue weighted by Gasteiger charge is -2.29. The van der Waals surface area contributed by atoms with Gasteiger partial charge in [0.25, 0.3) is 0 Å². The Morgan fingerprint density at radius 3 is 1.44 bits per heavy atom. The van der Waals surface area contributed by atoms with Crippen LogP contribution in [0.3, 0.4) is 0 Å². The summed E-state index contributed by atoms with van der Waals surface area (Å²) in [5.41, 5.74) is 16.6. The Labute approximate surface area is 321 Å². The second-order valence-corrected chi connectivity index (χ2v) is 15.7. The van der Waals surface area contributed by atoms with Crippen LogP contribution in [0.2, 0.25) is 0 Å². The Bertz CT molecular complexity index is 2300. The Morgan fingerprint density at radius 1 is 0.426 bits per heavy atom. The second-order valence-electron chi connectivity index (χ2n) is 15.7.